The summed E-state index contributed by atoms with van der Waals surface area (Å²) >= 11 is 0. The van der Waals surface area contributed by atoms with Gasteiger partial charge in [0.1, 0.15) is 11.4 Å². The van der Waals surface area contributed by atoms with E-state index >= 15 is 0 Å². The molecule has 0 aliphatic heterocycles. The molecular formula is C34H56N2O7SSi. The van der Waals surface area contributed by atoms with Crippen LogP contribution in [0, 0.1) is 5.41 Å². The number of nitrogens with one attached hydrogen (secondary N) is 2. The molecule has 1 amide bonds. The Morgan fingerprint density at radius 1 is 0.911 bits per heavy atom. The van der Waals surface area contributed by atoms with Gasteiger partial charge in [0.15, 0.2) is 8.32 Å². The Bertz CT molecular complexity index is 1320. The number of aliphatic hydroxyl groups is 1. The second-order valence-electron chi connectivity index (χ2n) is 15.1. The van der Waals surface area contributed by atoms with Crippen molar-refractivity contribution in [3.63, 3.8) is 0 Å². The smallest absolute Gasteiger partial charge is 0.407 e. The lowest BCUT2D eigenvalue weighted by atomic mass is 9.80. The van der Waals surface area contributed by atoms with Crippen LogP contribution >= 0.6 is 0 Å². The third kappa shape index (κ3) is 12.7. The Balaban J connectivity index is 2.44. The van der Waals surface area contributed by atoms with Gasteiger partial charge in [-0.25, -0.2) is 17.9 Å². The van der Waals surface area contributed by atoms with E-state index in [0.717, 1.165) is 5.56 Å². The van der Waals surface area contributed by atoms with Crippen molar-refractivity contribution in [3.8, 4) is 5.75 Å². The number of methoxy groups -OCH3 is 1. The first-order chi connectivity index (χ1) is 20.6. The molecule has 3 atom stereocenters. The third-order valence-electron chi connectivity index (χ3n) is 8.32. The zero-order chi connectivity index (χ0) is 34.3. The Hall–Kier alpha value is -2.44. The molecule has 0 saturated heterocycles. The van der Waals surface area contributed by atoms with Crippen molar-refractivity contribution in [2.45, 2.75) is 121 Å². The molecule has 0 aliphatic carbocycles. The Kier molecular flexibility index (Phi) is 13.3. The van der Waals surface area contributed by atoms with E-state index in [1.807, 2.05) is 44.2 Å². The van der Waals surface area contributed by atoms with E-state index in [0.29, 0.717) is 18.8 Å². The monoisotopic (exact) mass is 664 g/mol. The van der Waals surface area contributed by atoms with E-state index in [-0.39, 0.29) is 22.8 Å². The summed E-state index contributed by atoms with van der Waals surface area (Å²) in [6, 6.07) is 13.7. The number of carbonyl (C=O) groups is 1. The molecule has 0 heterocycles. The molecule has 0 fully saturated rings. The number of ether oxygens (including phenoxy) is 2. The molecule has 0 bridgehead atoms. The molecule has 0 aromatic heterocycles. The second kappa shape index (κ2) is 15.4. The van der Waals surface area contributed by atoms with Crippen molar-refractivity contribution in [1.29, 1.82) is 0 Å². The minimum atomic E-state index is -4.06. The van der Waals surface area contributed by atoms with Crippen LogP contribution in [0.25, 0.3) is 0 Å². The van der Waals surface area contributed by atoms with Crippen molar-refractivity contribution in [2.75, 3.05) is 13.7 Å². The maximum atomic E-state index is 13.7. The summed E-state index contributed by atoms with van der Waals surface area (Å²) in [6.45, 7) is 20.8. The van der Waals surface area contributed by atoms with Crippen molar-refractivity contribution >= 4 is 24.4 Å². The van der Waals surface area contributed by atoms with Gasteiger partial charge in [0.2, 0.25) is 10.0 Å². The van der Waals surface area contributed by atoms with Crippen molar-refractivity contribution < 1.29 is 32.2 Å². The van der Waals surface area contributed by atoms with Gasteiger partial charge in [-0.1, -0.05) is 65.0 Å². The van der Waals surface area contributed by atoms with E-state index in [2.05, 4.69) is 43.9 Å². The fourth-order valence-corrected chi connectivity index (χ4v) is 6.91. The Labute approximate surface area is 272 Å². The van der Waals surface area contributed by atoms with Crippen LogP contribution < -0.4 is 14.8 Å². The van der Waals surface area contributed by atoms with Crippen LogP contribution in [0.1, 0.15) is 73.8 Å². The number of rotatable bonds is 15. The molecule has 0 saturated carbocycles. The van der Waals surface area contributed by atoms with Gasteiger partial charge in [0.25, 0.3) is 0 Å². The molecule has 2 aromatic carbocycles. The van der Waals surface area contributed by atoms with E-state index in [1.54, 1.807) is 32.9 Å². The molecule has 45 heavy (non-hydrogen) atoms. The van der Waals surface area contributed by atoms with Crippen LogP contribution in [-0.4, -0.2) is 65.4 Å². The lowest BCUT2D eigenvalue weighted by Gasteiger charge is -2.39. The lowest BCUT2D eigenvalue weighted by molar-refractivity contribution is 0.0343. The number of aliphatic hydroxyl groups excluding tert-OH is 1. The van der Waals surface area contributed by atoms with Gasteiger partial charge in [-0.2, -0.15) is 0 Å². The Morgan fingerprint density at radius 2 is 1.49 bits per heavy atom. The lowest BCUT2D eigenvalue weighted by Crippen LogP contribution is -2.56. The summed E-state index contributed by atoms with van der Waals surface area (Å²) in [5, 5.41) is 14.8. The maximum absolute atomic E-state index is 13.7. The highest BCUT2D eigenvalue weighted by Crippen LogP contribution is 2.38. The number of hydrogen-bond donors (Lipinski definition) is 3. The number of alkyl carbamates (subject to hydrolysis) is 1. The fourth-order valence-electron chi connectivity index (χ4n) is 4.62. The zero-order valence-electron chi connectivity index (χ0n) is 29.1. The highest BCUT2D eigenvalue weighted by molar-refractivity contribution is 7.89. The standard InChI is InChI=1S/C34H56N2O7SSi/c1-32(2,3)43-31(38)35-28(23-25-15-13-12-14-16-25)30(37)29(36-44(39,40)27-19-17-26(41-9)18-20-27)24-34(7,8)21-22-42-45(10,11)33(4,5)6/h12-20,28-30,36-37H,21-24H2,1-11H3,(H,35,38)/t28-,29?,30+/m0/s1. The predicted molar refractivity (Wildman–Crippen MR) is 183 cm³/mol. The molecule has 2 aromatic rings. The molecule has 1 unspecified atom stereocenters. The average Bonchev–Trinajstić information content (AvgIpc) is 2.90. The third-order valence-corrected chi connectivity index (χ3v) is 14.4. The molecule has 9 nitrogen and oxygen atoms in total. The summed E-state index contributed by atoms with van der Waals surface area (Å²) in [6.07, 6.45) is -0.800. The number of hydrogen-bond acceptors (Lipinski definition) is 7. The predicted octanol–water partition coefficient (Wildman–Crippen LogP) is 6.67. The summed E-state index contributed by atoms with van der Waals surface area (Å²) < 4.78 is 47.3. The van der Waals surface area contributed by atoms with Crippen LogP contribution in [0.2, 0.25) is 18.1 Å². The van der Waals surface area contributed by atoms with E-state index < -0.39 is 53.6 Å². The minimum absolute atomic E-state index is 0.0410. The van der Waals surface area contributed by atoms with Gasteiger partial charge < -0.3 is 24.3 Å². The van der Waals surface area contributed by atoms with E-state index in [4.69, 9.17) is 13.9 Å². The fraction of sp³-hybridized carbons (Fsp3) is 0.618. The van der Waals surface area contributed by atoms with Crippen LogP contribution in [-0.2, 0) is 25.6 Å². The zero-order valence-corrected chi connectivity index (χ0v) is 30.9. The molecule has 0 spiro atoms. The first-order valence-corrected chi connectivity index (χ1v) is 20.0. The molecule has 11 heteroatoms. The number of benzene rings is 2. The molecule has 0 aliphatic rings. The highest BCUT2D eigenvalue weighted by Gasteiger charge is 2.39. The van der Waals surface area contributed by atoms with Gasteiger partial charge in [0.05, 0.1) is 30.2 Å². The number of amides is 1. The Morgan fingerprint density at radius 3 is 2.00 bits per heavy atom. The highest BCUT2D eigenvalue weighted by atomic mass is 32.2. The van der Waals surface area contributed by atoms with E-state index in [9.17, 15) is 18.3 Å². The maximum Gasteiger partial charge on any atom is 0.407 e. The summed E-state index contributed by atoms with van der Waals surface area (Å²) in [7, 11) is -4.54. The molecule has 2 rings (SSSR count). The summed E-state index contributed by atoms with van der Waals surface area (Å²) in [5.74, 6) is 0.526. The van der Waals surface area contributed by atoms with Crippen LogP contribution in [0.5, 0.6) is 5.75 Å². The van der Waals surface area contributed by atoms with Gasteiger partial charge in [-0.15, -0.1) is 0 Å². The molecule has 0 radical (unpaired) electrons. The van der Waals surface area contributed by atoms with E-state index in [1.165, 1.54) is 19.2 Å². The van der Waals surface area contributed by atoms with Crippen molar-refractivity contribution in [3.05, 3.63) is 60.2 Å². The van der Waals surface area contributed by atoms with Crippen molar-refractivity contribution in [1.82, 2.24) is 10.0 Å². The molecular weight excluding hydrogens is 609 g/mol. The van der Waals surface area contributed by atoms with Gasteiger partial charge >= 0.3 is 6.09 Å². The quantitative estimate of drug-likeness (QED) is 0.182. The minimum Gasteiger partial charge on any atom is -0.497 e. The summed E-state index contributed by atoms with van der Waals surface area (Å²) in [5.41, 5.74) is -0.315. The first-order valence-electron chi connectivity index (χ1n) is 15.6. The van der Waals surface area contributed by atoms with Crippen LogP contribution in [0.4, 0.5) is 4.79 Å². The topological polar surface area (TPSA) is 123 Å². The van der Waals surface area contributed by atoms with Gasteiger partial charge in [0, 0.05) is 6.61 Å². The van der Waals surface area contributed by atoms with Gasteiger partial charge in [-0.05, 0) is 93.4 Å². The van der Waals surface area contributed by atoms with Crippen LogP contribution in [0.15, 0.2) is 59.5 Å². The number of sulfonamides is 1. The second-order valence-corrected chi connectivity index (χ2v) is 21.6. The van der Waals surface area contributed by atoms with Crippen LogP contribution in [0.3, 0.4) is 0 Å². The van der Waals surface area contributed by atoms with Gasteiger partial charge in [-0.3, -0.25) is 0 Å². The normalized spacial score (nSPS) is 15.2. The average molecular weight is 665 g/mol. The SMILES string of the molecule is COc1ccc(S(=O)(=O)NC(CC(C)(C)CCO[Si](C)(C)C(C)(C)C)[C@H](O)[C@H](Cc2ccccc2)NC(=O)OC(C)(C)C)cc1. The van der Waals surface area contributed by atoms with Crippen molar-refractivity contribution in [2.24, 2.45) is 5.41 Å². The first kappa shape index (κ1) is 38.7. The summed E-state index contributed by atoms with van der Waals surface area (Å²) in [4.78, 5) is 13.0. The largest absolute Gasteiger partial charge is 0.497 e. The molecule has 3 N–H and O–H groups in total. The molecule has 254 valence electrons. The number of carbonyl (C=O) groups excluding carboxylic acids is 1.